The van der Waals surface area contributed by atoms with Crippen molar-refractivity contribution in [1.82, 2.24) is 0 Å². The second-order valence-corrected chi connectivity index (χ2v) is 3.62. The second-order valence-electron chi connectivity index (χ2n) is 3.62. The zero-order chi connectivity index (χ0) is 13.6. The number of methoxy groups -OCH3 is 1. The van der Waals surface area contributed by atoms with Gasteiger partial charge in [-0.05, 0) is 19.9 Å². The van der Waals surface area contributed by atoms with E-state index in [2.05, 4.69) is 0 Å². The van der Waals surface area contributed by atoms with Crippen molar-refractivity contribution >= 4 is 11.9 Å². The molecule has 0 aromatic rings. The van der Waals surface area contributed by atoms with E-state index in [1.807, 2.05) is 0 Å². The molecule has 1 aliphatic heterocycles. The van der Waals surface area contributed by atoms with Gasteiger partial charge in [0.1, 0.15) is 0 Å². The molecule has 102 valence electrons. The first kappa shape index (κ1) is 14.7. The topological polar surface area (TPSA) is 71.1 Å². The van der Waals surface area contributed by atoms with Crippen molar-refractivity contribution in [2.45, 2.75) is 32.2 Å². The van der Waals surface area contributed by atoms with Crippen LogP contribution in [0.2, 0.25) is 0 Å². The Balaban J connectivity index is 2.98. The zero-order valence-corrected chi connectivity index (χ0v) is 10.8. The summed E-state index contributed by atoms with van der Waals surface area (Å²) in [5.41, 5.74) is -1.76. The molecule has 18 heavy (non-hydrogen) atoms. The molecular weight excluding hydrogens is 240 g/mol. The average molecular weight is 258 g/mol. The molecule has 1 unspecified atom stereocenters. The molecule has 0 radical (unpaired) electrons. The highest BCUT2D eigenvalue weighted by atomic mass is 16.7. The third-order valence-corrected chi connectivity index (χ3v) is 2.46. The summed E-state index contributed by atoms with van der Waals surface area (Å²) in [4.78, 5) is 23.9. The first-order valence-electron chi connectivity index (χ1n) is 5.82. The Labute approximate surface area is 106 Å². The predicted octanol–water partition coefficient (Wildman–Crippen LogP) is 0.800. The molecule has 1 aliphatic rings. The van der Waals surface area contributed by atoms with Gasteiger partial charge in [0, 0.05) is 13.5 Å². The lowest BCUT2D eigenvalue weighted by molar-refractivity contribution is -0.220. The molecule has 6 nitrogen and oxygen atoms in total. The number of rotatable bonds is 5. The molecule has 0 amide bonds. The Morgan fingerprint density at radius 2 is 1.83 bits per heavy atom. The predicted molar refractivity (Wildman–Crippen MR) is 61.6 cm³/mol. The van der Waals surface area contributed by atoms with E-state index < -0.39 is 23.8 Å². The van der Waals surface area contributed by atoms with Gasteiger partial charge in [0.05, 0.1) is 13.2 Å². The maximum Gasteiger partial charge on any atom is 0.350 e. The van der Waals surface area contributed by atoms with Crippen molar-refractivity contribution < 1.29 is 28.5 Å². The SMILES string of the molecule is CCOC(=O)C1(C(=O)OCC)CC=CC(OC)O1. The van der Waals surface area contributed by atoms with E-state index in [1.54, 1.807) is 26.0 Å². The van der Waals surface area contributed by atoms with Crippen molar-refractivity contribution in [1.29, 1.82) is 0 Å². The summed E-state index contributed by atoms with van der Waals surface area (Å²) in [7, 11) is 1.42. The van der Waals surface area contributed by atoms with Crippen molar-refractivity contribution in [2.24, 2.45) is 0 Å². The molecule has 0 saturated carbocycles. The van der Waals surface area contributed by atoms with Crippen LogP contribution in [0, 0.1) is 0 Å². The minimum atomic E-state index is -1.76. The molecule has 0 aromatic heterocycles. The van der Waals surface area contributed by atoms with E-state index in [-0.39, 0.29) is 19.6 Å². The highest BCUT2D eigenvalue weighted by molar-refractivity contribution is 6.04. The Morgan fingerprint density at radius 3 is 2.28 bits per heavy atom. The third kappa shape index (κ3) is 2.88. The van der Waals surface area contributed by atoms with Crippen LogP contribution in [-0.4, -0.2) is 44.2 Å². The van der Waals surface area contributed by atoms with Crippen LogP contribution in [0.15, 0.2) is 12.2 Å². The Kier molecular flexibility index (Phi) is 5.30. The summed E-state index contributed by atoms with van der Waals surface area (Å²) in [5.74, 6) is -1.51. The normalized spacial score (nSPS) is 21.4. The fourth-order valence-electron chi connectivity index (χ4n) is 1.60. The Morgan fingerprint density at radius 1 is 1.28 bits per heavy atom. The molecule has 0 N–H and O–H groups in total. The molecule has 1 rings (SSSR count). The highest BCUT2D eigenvalue weighted by Crippen LogP contribution is 2.28. The average Bonchev–Trinajstić information content (AvgIpc) is 2.39. The van der Waals surface area contributed by atoms with Gasteiger partial charge < -0.3 is 18.9 Å². The van der Waals surface area contributed by atoms with Crippen LogP contribution in [0.4, 0.5) is 0 Å². The molecule has 0 bridgehead atoms. The van der Waals surface area contributed by atoms with Gasteiger partial charge in [-0.1, -0.05) is 6.08 Å². The maximum atomic E-state index is 12.0. The van der Waals surface area contributed by atoms with Crippen LogP contribution in [0.3, 0.4) is 0 Å². The first-order chi connectivity index (χ1) is 8.60. The minimum absolute atomic E-state index is 0.0739. The van der Waals surface area contributed by atoms with Crippen LogP contribution in [0.5, 0.6) is 0 Å². The van der Waals surface area contributed by atoms with E-state index in [9.17, 15) is 9.59 Å². The smallest absolute Gasteiger partial charge is 0.350 e. The van der Waals surface area contributed by atoms with E-state index in [1.165, 1.54) is 7.11 Å². The van der Waals surface area contributed by atoms with Gasteiger partial charge in [0.15, 0.2) is 6.29 Å². The van der Waals surface area contributed by atoms with Gasteiger partial charge in [-0.3, -0.25) is 0 Å². The van der Waals surface area contributed by atoms with Crippen molar-refractivity contribution in [2.75, 3.05) is 20.3 Å². The van der Waals surface area contributed by atoms with Crippen LogP contribution < -0.4 is 0 Å². The number of ether oxygens (including phenoxy) is 4. The highest BCUT2D eigenvalue weighted by Gasteiger charge is 2.52. The molecule has 6 heteroatoms. The molecule has 1 heterocycles. The van der Waals surface area contributed by atoms with Gasteiger partial charge in [-0.15, -0.1) is 0 Å². The van der Waals surface area contributed by atoms with E-state index in [4.69, 9.17) is 18.9 Å². The molecule has 1 atom stereocenters. The van der Waals surface area contributed by atoms with Crippen LogP contribution in [0.1, 0.15) is 20.3 Å². The fourth-order valence-corrected chi connectivity index (χ4v) is 1.60. The lowest BCUT2D eigenvalue weighted by Gasteiger charge is -2.33. The number of carbonyl (C=O) groups excluding carboxylic acids is 2. The minimum Gasteiger partial charge on any atom is -0.463 e. The standard InChI is InChI=1S/C12H18O6/c1-4-16-10(13)12(11(14)17-5-2)8-6-7-9(15-3)18-12/h6-7,9H,4-5,8H2,1-3H3. The van der Waals surface area contributed by atoms with E-state index in [0.29, 0.717) is 0 Å². The van der Waals surface area contributed by atoms with Crippen molar-refractivity contribution in [3.05, 3.63) is 12.2 Å². The lowest BCUT2D eigenvalue weighted by Crippen LogP contribution is -2.54. The van der Waals surface area contributed by atoms with Gasteiger partial charge in [-0.25, -0.2) is 9.59 Å². The fraction of sp³-hybridized carbons (Fsp3) is 0.667. The molecule has 0 spiro atoms. The summed E-state index contributed by atoms with van der Waals surface area (Å²) in [6.45, 7) is 3.63. The number of esters is 2. The second kappa shape index (κ2) is 6.51. The summed E-state index contributed by atoms with van der Waals surface area (Å²) >= 11 is 0. The molecule has 0 aliphatic carbocycles. The van der Waals surface area contributed by atoms with Gasteiger partial charge in [0.25, 0.3) is 5.60 Å². The number of hydrogen-bond donors (Lipinski definition) is 0. The van der Waals surface area contributed by atoms with Gasteiger partial charge >= 0.3 is 11.9 Å². The summed E-state index contributed by atoms with van der Waals surface area (Å²) in [5, 5.41) is 0. The Bertz CT molecular complexity index is 317. The van der Waals surface area contributed by atoms with Crippen molar-refractivity contribution in [3.63, 3.8) is 0 Å². The quantitative estimate of drug-likeness (QED) is 0.412. The van der Waals surface area contributed by atoms with E-state index in [0.717, 1.165) is 0 Å². The van der Waals surface area contributed by atoms with Crippen LogP contribution in [-0.2, 0) is 28.5 Å². The van der Waals surface area contributed by atoms with Crippen molar-refractivity contribution in [3.8, 4) is 0 Å². The zero-order valence-electron chi connectivity index (χ0n) is 10.8. The first-order valence-corrected chi connectivity index (χ1v) is 5.82. The lowest BCUT2D eigenvalue weighted by atomic mass is 9.97. The largest absolute Gasteiger partial charge is 0.463 e. The molecule has 0 fully saturated rings. The number of hydrogen-bond acceptors (Lipinski definition) is 6. The molecule has 0 saturated heterocycles. The summed E-state index contributed by atoms with van der Waals surface area (Å²) in [6, 6.07) is 0. The number of carbonyl (C=O) groups is 2. The Hall–Kier alpha value is -1.40. The summed E-state index contributed by atoms with van der Waals surface area (Å²) < 4.78 is 20.2. The molecular formula is C12H18O6. The van der Waals surface area contributed by atoms with Gasteiger partial charge in [0.2, 0.25) is 0 Å². The summed E-state index contributed by atoms with van der Waals surface area (Å²) in [6.07, 6.45) is 2.57. The third-order valence-electron chi connectivity index (χ3n) is 2.46. The van der Waals surface area contributed by atoms with Gasteiger partial charge in [-0.2, -0.15) is 0 Å². The monoisotopic (exact) mass is 258 g/mol. The van der Waals surface area contributed by atoms with Crippen LogP contribution >= 0.6 is 0 Å². The van der Waals surface area contributed by atoms with E-state index >= 15 is 0 Å². The van der Waals surface area contributed by atoms with Crippen LogP contribution in [0.25, 0.3) is 0 Å². The maximum absolute atomic E-state index is 12.0. The molecule has 0 aromatic carbocycles.